The number of aromatic nitrogens is 3. The van der Waals surface area contributed by atoms with Crippen LogP contribution in [0.2, 0.25) is 5.15 Å². The van der Waals surface area contributed by atoms with Crippen molar-refractivity contribution in [1.29, 1.82) is 0 Å². The van der Waals surface area contributed by atoms with E-state index in [-0.39, 0.29) is 5.15 Å². The third kappa shape index (κ3) is 2.37. The van der Waals surface area contributed by atoms with Gasteiger partial charge in [-0.05, 0) is 12.1 Å². The second kappa shape index (κ2) is 4.46. The first-order valence-corrected chi connectivity index (χ1v) is 5.30. The molecule has 76 valence electrons. The van der Waals surface area contributed by atoms with E-state index in [2.05, 4.69) is 15.0 Å². The van der Waals surface area contributed by atoms with E-state index < -0.39 is 0 Å². The van der Waals surface area contributed by atoms with Gasteiger partial charge in [-0.25, -0.2) is 9.97 Å². The number of anilines is 1. The number of nitrogens with zero attached hydrogens (tertiary/aromatic N) is 3. The van der Waals surface area contributed by atoms with Gasteiger partial charge >= 0.3 is 0 Å². The number of hydrogen-bond acceptors (Lipinski definition) is 5. The van der Waals surface area contributed by atoms with Crippen LogP contribution >= 0.6 is 23.4 Å². The Morgan fingerprint density at radius 2 is 1.93 bits per heavy atom. The van der Waals surface area contributed by atoms with Gasteiger partial charge in [-0.15, -0.1) is 0 Å². The Bertz CT molecular complexity index is 463. The molecule has 0 aliphatic heterocycles. The maximum Gasteiger partial charge on any atom is 0.156 e. The minimum absolute atomic E-state index is 0.279. The highest BCUT2D eigenvalue weighted by atomic mass is 35.5. The number of hydrogen-bond donors (Lipinski definition) is 1. The minimum atomic E-state index is 0.279. The lowest BCUT2D eigenvalue weighted by atomic mass is 10.5. The van der Waals surface area contributed by atoms with E-state index in [0.717, 1.165) is 4.90 Å². The van der Waals surface area contributed by atoms with Crippen LogP contribution < -0.4 is 5.73 Å². The van der Waals surface area contributed by atoms with Crippen molar-refractivity contribution in [2.75, 3.05) is 5.73 Å². The highest BCUT2D eigenvalue weighted by Gasteiger charge is 2.07. The summed E-state index contributed by atoms with van der Waals surface area (Å²) in [5.74, 6) is 0. The van der Waals surface area contributed by atoms with Gasteiger partial charge in [0.05, 0.1) is 0 Å². The van der Waals surface area contributed by atoms with Crippen LogP contribution in [-0.2, 0) is 0 Å². The molecule has 0 aliphatic carbocycles. The largest absolute Gasteiger partial charge is 0.394 e. The molecule has 2 heterocycles. The van der Waals surface area contributed by atoms with E-state index in [1.807, 2.05) is 12.1 Å². The highest BCUT2D eigenvalue weighted by Crippen LogP contribution is 2.31. The summed E-state index contributed by atoms with van der Waals surface area (Å²) in [7, 11) is 0. The lowest BCUT2D eigenvalue weighted by molar-refractivity contribution is 1.06. The van der Waals surface area contributed by atoms with Gasteiger partial charge in [0.25, 0.3) is 0 Å². The molecule has 0 spiro atoms. The van der Waals surface area contributed by atoms with Crippen LogP contribution in [0.3, 0.4) is 0 Å². The lowest BCUT2D eigenvalue weighted by Gasteiger charge is -2.03. The number of pyridine rings is 1. The van der Waals surface area contributed by atoms with Crippen molar-refractivity contribution in [2.45, 2.75) is 9.92 Å². The summed E-state index contributed by atoms with van der Waals surface area (Å²) in [5, 5.41) is 0.933. The monoisotopic (exact) mass is 238 g/mol. The molecule has 0 radical (unpaired) electrons. The van der Waals surface area contributed by atoms with E-state index in [4.69, 9.17) is 17.3 Å². The number of nitrogen functional groups attached to an aromatic ring is 1. The Kier molecular flexibility index (Phi) is 3.03. The topological polar surface area (TPSA) is 64.7 Å². The SMILES string of the molecule is Nc1c(Cl)ncnc1Sc1ccncc1. The van der Waals surface area contributed by atoms with Gasteiger partial charge in [0.15, 0.2) is 5.15 Å². The molecule has 0 bridgehead atoms. The van der Waals surface area contributed by atoms with Crippen molar-refractivity contribution < 1.29 is 0 Å². The smallest absolute Gasteiger partial charge is 0.156 e. The van der Waals surface area contributed by atoms with Crippen molar-refractivity contribution in [3.05, 3.63) is 36.0 Å². The van der Waals surface area contributed by atoms with E-state index in [9.17, 15) is 0 Å². The summed E-state index contributed by atoms with van der Waals surface area (Å²) < 4.78 is 0. The molecule has 0 unspecified atom stereocenters. The molecular formula is C9H7ClN4S. The molecule has 0 fully saturated rings. The molecule has 2 aromatic rings. The van der Waals surface area contributed by atoms with Gasteiger partial charge in [-0.2, -0.15) is 0 Å². The quantitative estimate of drug-likeness (QED) is 0.813. The Morgan fingerprint density at radius 1 is 1.20 bits per heavy atom. The molecule has 0 aromatic carbocycles. The predicted molar refractivity (Wildman–Crippen MR) is 59.8 cm³/mol. The summed E-state index contributed by atoms with van der Waals surface area (Å²) in [5.41, 5.74) is 6.14. The van der Waals surface area contributed by atoms with E-state index in [1.165, 1.54) is 18.1 Å². The molecule has 6 heteroatoms. The summed E-state index contributed by atoms with van der Waals surface area (Å²) in [6, 6.07) is 3.75. The third-order valence-electron chi connectivity index (χ3n) is 1.66. The zero-order chi connectivity index (χ0) is 10.7. The maximum atomic E-state index is 5.78. The Morgan fingerprint density at radius 3 is 2.67 bits per heavy atom. The van der Waals surface area contributed by atoms with Crippen molar-refractivity contribution in [1.82, 2.24) is 15.0 Å². The molecule has 2 aromatic heterocycles. The van der Waals surface area contributed by atoms with Gasteiger partial charge in [0, 0.05) is 17.3 Å². The average molecular weight is 239 g/mol. The van der Waals surface area contributed by atoms with Crippen LogP contribution in [0.5, 0.6) is 0 Å². The van der Waals surface area contributed by atoms with Gasteiger partial charge in [0.2, 0.25) is 0 Å². The first kappa shape index (κ1) is 10.2. The van der Waals surface area contributed by atoms with Crippen LogP contribution in [0, 0.1) is 0 Å². The molecule has 0 amide bonds. The summed E-state index contributed by atoms with van der Waals surface area (Å²) >= 11 is 7.21. The molecule has 4 nitrogen and oxygen atoms in total. The van der Waals surface area contributed by atoms with Gasteiger partial charge < -0.3 is 5.73 Å². The Labute approximate surface area is 95.9 Å². The first-order valence-electron chi connectivity index (χ1n) is 4.11. The molecular weight excluding hydrogens is 232 g/mol. The maximum absolute atomic E-state index is 5.78. The fraction of sp³-hybridized carbons (Fsp3) is 0. The normalized spacial score (nSPS) is 10.2. The zero-order valence-electron chi connectivity index (χ0n) is 7.59. The van der Waals surface area contributed by atoms with E-state index in [0.29, 0.717) is 10.7 Å². The summed E-state index contributed by atoms with van der Waals surface area (Å²) in [4.78, 5) is 12.8. The predicted octanol–water partition coefficient (Wildman–Crippen LogP) is 2.26. The highest BCUT2D eigenvalue weighted by molar-refractivity contribution is 7.99. The van der Waals surface area contributed by atoms with Crippen molar-refractivity contribution >= 4 is 29.1 Å². The van der Waals surface area contributed by atoms with E-state index in [1.54, 1.807) is 12.4 Å². The Balaban J connectivity index is 2.29. The minimum Gasteiger partial charge on any atom is -0.394 e. The molecule has 2 rings (SSSR count). The van der Waals surface area contributed by atoms with Crippen LogP contribution in [0.1, 0.15) is 0 Å². The van der Waals surface area contributed by atoms with Crippen molar-refractivity contribution in [3.8, 4) is 0 Å². The second-order valence-corrected chi connectivity index (χ2v) is 4.09. The fourth-order valence-electron chi connectivity index (χ4n) is 0.959. The molecule has 0 aliphatic rings. The number of nitrogens with two attached hydrogens (primary N) is 1. The van der Waals surface area contributed by atoms with Crippen molar-refractivity contribution in [2.24, 2.45) is 0 Å². The van der Waals surface area contributed by atoms with E-state index >= 15 is 0 Å². The summed E-state index contributed by atoms with van der Waals surface area (Å²) in [6.07, 6.45) is 4.81. The average Bonchev–Trinajstić information content (AvgIpc) is 2.26. The lowest BCUT2D eigenvalue weighted by Crippen LogP contribution is -1.94. The van der Waals surface area contributed by atoms with Crippen LogP contribution in [0.15, 0.2) is 40.8 Å². The fourth-order valence-corrected chi connectivity index (χ4v) is 1.94. The molecule has 0 atom stereocenters. The van der Waals surface area contributed by atoms with Crippen molar-refractivity contribution in [3.63, 3.8) is 0 Å². The van der Waals surface area contributed by atoms with Gasteiger partial charge in [-0.1, -0.05) is 23.4 Å². The van der Waals surface area contributed by atoms with Crippen LogP contribution in [0.25, 0.3) is 0 Å². The van der Waals surface area contributed by atoms with Gasteiger partial charge in [0.1, 0.15) is 17.0 Å². The molecule has 15 heavy (non-hydrogen) atoms. The standard InChI is InChI=1S/C9H7ClN4S/c10-8-7(11)9(14-5-13-8)15-6-1-3-12-4-2-6/h1-5H,11H2. The number of halogens is 1. The number of rotatable bonds is 2. The second-order valence-electron chi connectivity index (χ2n) is 2.67. The molecule has 0 saturated carbocycles. The first-order chi connectivity index (χ1) is 7.27. The van der Waals surface area contributed by atoms with Gasteiger partial charge in [-0.3, -0.25) is 4.98 Å². The summed E-state index contributed by atoms with van der Waals surface area (Å²) in [6.45, 7) is 0. The third-order valence-corrected chi connectivity index (χ3v) is 2.99. The van der Waals surface area contributed by atoms with Crippen LogP contribution in [-0.4, -0.2) is 15.0 Å². The van der Waals surface area contributed by atoms with Crippen LogP contribution in [0.4, 0.5) is 5.69 Å². The zero-order valence-corrected chi connectivity index (χ0v) is 9.16. The Hall–Kier alpha value is -1.33. The molecule has 2 N–H and O–H groups in total. The molecule has 0 saturated heterocycles.